The van der Waals surface area contributed by atoms with Crippen molar-refractivity contribution in [1.82, 2.24) is 5.32 Å². The van der Waals surface area contributed by atoms with Crippen LogP contribution in [0.25, 0.3) is 0 Å². The molecule has 17 heavy (non-hydrogen) atoms. The third kappa shape index (κ3) is 2.41. The van der Waals surface area contributed by atoms with Gasteiger partial charge in [0.1, 0.15) is 0 Å². The molecule has 5 heteroatoms. The Morgan fingerprint density at radius 1 is 1.41 bits per heavy atom. The average Bonchev–Trinajstić information content (AvgIpc) is 2.77. The fourth-order valence-corrected chi connectivity index (χ4v) is 2.85. The largest absolute Gasteiger partial charge is 0.469 e. The summed E-state index contributed by atoms with van der Waals surface area (Å²) < 4.78 is 4.80. The van der Waals surface area contributed by atoms with E-state index in [0.29, 0.717) is 10.0 Å². The van der Waals surface area contributed by atoms with Gasteiger partial charge in [-0.3, -0.25) is 4.79 Å². The molecule has 92 valence electrons. The predicted octanol–water partition coefficient (Wildman–Crippen LogP) is 2.82. The van der Waals surface area contributed by atoms with Gasteiger partial charge in [-0.15, -0.1) is 0 Å². The van der Waals surface area contributed by atoms with Crippen LogP contribution < -0.4 is 5.32 Å². The van der Waals surface area contributed by atoms with Gasteiger partial charge in [0, 0.05) is 21.7 Å². The van der Waals surface area contributed by atoms with Crippen LogP contribution in [0.5, 0.6) is 0 Å². The van der Waals surface area contributed by atoms with Crippen molar-refractivity contribution in [2.75, 3.05) is 13.7 Å². The van der Waals surface area contributed by atoms with Crippen LogP contribution in [0.2, 0.25) is 10.0 Å². The van der Waals surface area contributed by atoms with E-state index in [1.165, 1.54) is 7.11 Å². The zero-order chi connectivity index (χ0) is 12.4. The van der Waals surface area contributed by atoms with E-state index in [2.05, 4.69) is 5.32 Å². The molecule has 1 aliphatic rings. The van der Waals surface area contributed by atoms with E-state index in [9.17, 15) is 4.79 Å². The molecule has 2 atom stereocenters. The summed E-state index contributed by atoms with van der Waals surface area (Å²) in [6, 6.07) is 5.17. The van der Waals surface area contributed by atoms with E-state index in [0.717, 1.165) is 18.5 Å². The lowest BCUT2D eigenvalue weighted by atomic mass is 9.94. The van der Waals surface area contributed by atoms with E-state index < -0.39 is 0 Å². The number of hydrogen-bond acceptors (Lipinski definition) is 3. The minimum Gasteiger partial charge on any atom is -0.469 e. The molecule has 3 nitrogen and oxygen atoms in total. The fourth-order valence-electron chi connectivity index (χ4n) is 2.22. The molecule has 1 saturated heterocycles. The first kappa shape index (κ1) is 12.7. The number of carbonyl (C=O) groups excluding carboxylic acids is 1. The molecule has 1 aliphatic heterocycles. The summed E-state index contributed by atoms with van der Waals surface area (Å²) in [6.07, 6.45) is 0.735. The number of benzene rings is 1. The first-order valence-corrected chi connectivity index (χ1v) is 6.16. The molecule has 1 aromatic rings. The molecule has 2 rings (SSSR count). The van der Waals surface area contributed by atoms with Crippen LogP contribution in [-0.4, -0.2) is 19.6 Å². The van der Waals surface area contributed by atoms with E-state index >= 15 is 0 Å². The number of nitrogens with one attached hydrogen (secondary N) is 1. The Hall–Kier alpha value is -0.770. The number of carbonyl (C=O) groups is 1. The topological polar surface area (TPSA) is 38.3 Å². The maximum Gasteiger partial charge on any atom is 0.310 e. The smallest absolute Gasteiger partial charge is 0.310 e. The second-order valence-corrected chi connectivity index (χ2v) is 4.80. The minimum atomic E-state index is -0.226. The number of esters is 1. The monoisotopic (exact) mass is 273 g/mol. The van der Waals surface area contributed by atoms with Crippen LogP contribution in [-0.2, 0) is 9.53 Å². The summed E-state index contributed by atoms with van der Waals surface area (Å²) in [6.45, 7) is 0.756. The highest BCUT2D eigenvalue weighted by atomic mass is 35.5. The van der Waals surface area contributed by atoms with Crippen molar-refractivity contribution < 1.29 is 9.53 Å². The molecule has 0 amide bonds. The zero-order valence-corrected chi connectivity index (χ0v) is 10.9. The van der Waals surface area contributed by atoms with E-state index in [-0.39, 0.29) is 17.9 Å². The van der Waals surface area contributed by atoms with Crippen LogP contribution in [0, 0.1) is 5.92 Å². The molecular formula is C12H13Cl2NO2. The number of methoxy groups -OCH3 is 1. The first-order chi connectivity index (χ1) is 8.15. The lowest BCUT2D eigenvalue weighted by molar-refractivity contribution is -0.145. The number of hydrogen-bond donors (Lipinski definition) is 1. The van der Waals surface area contributed by atoms with Gasteiger partial charge >= 0.3 is 5.97 Å². The SMILES string of the molecule is COC(=O)[C@@H]1CCN[C@H]1c1c(Cl)cccc1Cl. The van der Waals surface area contributed by atoms with Crippen molar-refractivity contribution in [3.63, 3.8) is 0 Å². The van der Waals surface area contributed by atoms with E-state index in [1.54, 1.807) is 18.2 Å². The lowest BCUT2D eigenvalue weighted by Gasteiger charge is -2.20. The van der Waals surface area contributed by atoms with Crippen LogP contribution in [0.15, 0.2) is 18.2 Å². The van der Waals surface area contributed by atoms with E-state index in [1.807, 2.05) is 0 Å². The maximum atomic E-state index is 11.7. The molecule has 0 saturated carbocycles. The Morgan fingerprint density at radius 3 is 2.65 bits per heavy atom. The third-order valence-electron chi connectivity index (χ3n) is 3.04. The van der Waals surface area contributed by atoms with Gasteiger partial charge in [-0.1, -0.05) is 29.3 Å². The van der Waals surface area contributed by atoms with Crippen molar-refractivity contribution >= 4 is 29.2 Å². The van der Waals surface area contributed by atoms with Gasteiger partial charge in [-0.2, -0.15) is 0 Å². The van der Waals surface area contributed by atoms with Crippen LogP contribution in [0.4, 0.5) is 0 Å². The lowest BCUT2D eigenvalue weighted by Crippen LogP contribution is -2.25. The minimum absolute atomic E-state index is 0.163. The molecular weight excluding hydrogens is 261 g/mol. The molecule has 0 unspecified atom stereocenters. The standard InChI is InChI=1S/C12H13Cl2NO2/c1-17-12(16)7-5-6-15-11(7)10-8(13)3-2-4-9(10)14/h2-4,7,11,15H,5-6H2,1H3/t7-,11-/m1/s1. The normalized spacial score (nSPS) is 23.7. The van der Waals surface area contributed by atoms with Gasteiger partial charge in [0.15, 0.2) is 0 Å². The third-order valence-corrected chi connectivity index (χ3v) is 3.70. The molecule has 1 fully saturated rings. The molecule has 0 radical (unpaired) electrons. The van der Waals surface area contributed by atoms with Crippen LogP contribution in [0.3, 0.4) is 0 Å². The second kappa shape index (κ2) is 5.25. The van der Waals surface area contributed by atoms with Gasteiger partial charge in [0.05, 0.1) is 13.0 Å². The van der Waals surface area contributed by atoms with E-state index in [4.69, 9.17) is 27.9 Å². The van der Waals surface area contributed by atoms with Crippen LogP contribution in [0.1, 0.15) is 18.0 Å². The highest BCUT2D eigenvalue weighted by molar-refractivity contribution is 6.36. The molecule has 0 aromatic heterocycles. The highest BCUT2D eigenvalue weighted by Gasteiger charge is 2.36. The summed E-state index contributed by atoms with van der Waals surface area (Å²) in [4.78, 5) is 11.7. The van der Waals surface area contributed by atoms with Crippen molar-refractivity contribution in [3.05, 3.63) is 33.8 Å². The summed E-state index contributed by atoms with van der Waals surface area (Å²) in [5, 5.41) is 4.40. The van der Waals surface area contributed by atoms with Gasteiger partial charge in [0.25, 0.3) is 0 Å². The van der Waals surface area contributed by atoms with Gasteiger partial charge in [-0.05, 0) is 25.1 Å². The number of halogens is 2. The van der Waals surface area contributed by atoms with Crippen molar-refractivity contribution in [2.45, 2.75) is 12.5 Å². The van der Waals surface area contributed by atoms with Crippen molar-refractivity contribution in [3.8, 4) is 0 Å². The average molecular weight is 274 g/mol. The Kier molecular flexibility index (Phi) is 3.92. The Balaban J connectivity index is 2.36. The highest BCUT2D eigenvalue weighted by Crippen LogP contribution is 2.38. The maximum absolute atomic E-state index is 11.7. The zero-order valence-electron chi connectivity index (χ0n) is 9.37. The summed E-state index contributed by atoms with van der Waals surface area (Å²) in [7, 11) is 1.39. The fraction of sp³-hybridized carbons (Fsp3) is 0.417. The quantitative estimate of drug-likeness (QED) is 0.843. The first-order valence-electron chi connectivity index (χ1n) is 5.40. The van der Waals surface area contributed by atoms with Crippen molar-refractivity contribution in [1.29, 1.82) is 0 Å². The Labute approximate surface area is 110 Å². The van der Waals surface area contributed by atoms with Crippen molar-refractivity contribution in [2.24, 2.45) is 5.92 Å². The summed E-state index contributed by atoms with van der Waals surface area (Å²) in [5.41, 5.74) is 0.781. The van der Waals surface area contributed by atoms with Gasteiger partial charge in [-0.25, -0.2) is 0 Å². The van der Waals surface area contributed by atoms with Crippen LogP contribution >= 0.6 is 23.2 Å². The van der Waals surface area contributed by atoms with Gasteiger partial charge in [0.2, 0.25) is 0 Å². The number of ether oxygens (including phenoxy) is 1. The summed E-state index contributed by atoms with van der Waals surface area (Å²) >= 11 is 12.3. The molecule has 0 aliphatic carbocycles. The molecule has 0 spiro atoms. The van der Waals surface area contributed by atoms with Gasteiger partial charge < -0.3 is 10.1 Å². The predicted molar refractivity (Wildman–Crippen MR) is 67.3 cm³/mol. The molecule has 1 aromatic carbocycles. The molecule has 1 N–H and O–H groups in total. The summed E-state index contributed by atoms with van der Waals surface area (Å²) in [5.74, 6) is -0.451. The second-order valence-electron chi connectivity index (χ2n) is 3.99. The molecule has 0 bridgehead atoms. The Morgan fingerprint density at radius 2 is 2.06 bits per heavy atom. The Bertz CT molecular complexity index is 416. The number of rotatable bonds is 2. The molecule has 1 heterocycles.